The number of hydrogen-bond acceptors (Lipinski definition) is 2. The zero-order chi connectivity index (χ0) is 11.0. The smallest absolute Gasteiger partial charge is 0.0768 e. The van der Waals surface area contributed by atoms with E-state index in [1.54, 1.807) is 6.08 Å². The van der Waals surface area contributed by atoms with Crippen LogP contribution in [-0.2, 0) is 4.84 Å². The summed E-state index contributed by atoms with van der Waals surface area (Å²) in [5, 5.41) is 0. The van der Waals surface area contributed by atoms with Crippen molar-refractivity contribution in [1.29, 1.82) is 0 Å². The van der Waals surface area contributed by atoms with Gasteiger partial charge in [-0.25, -0.2) is 0 Å². The normalized spacial score (nSPS) is 13.2. The SMILES string of the molecule is C=C/C(NOCC(C)C)=C(Br)\C=C/C. The molecule has 0 atom stereocenters. The molecule has 0 aromatic rings. The van der Waals surface area contributed by atoms with Crippen molar-refractivity contribution in [1.82, 2.24) is 5.48 Å². The summed E-state index contributed by atoms with van der Waals surface area (Å²) < 4.78 is 0.929. The molecule has 0 aromatic heterocycles. The molecule has 14 heavy (non-hydrogen) atoms. The van der Waals surface area contributed by atoms with Crippen molar-refractivity contribution in [3.05, 3.63) is 35.0 Å². The third-order valence-electron chi connectivity index (χ3n) is 1.37. The zero-order valence-corrected chi connectivity index (χ0v) is 10.6. The lowest BCUT2D eigenvalue weighted by atomic mass is 10.2. The number of hydrogen-bond donors (Lipinski definition) is 1. The molecule has 0 aliphatic rings. The van der Waals surface area contributed by atoms with Crippen LogP contribution >= 0.6 is 15.9 Å². The number of halogens is 1. The van der Waals surface area contributed by atoms with Crippen molar-refractivity contribution in [2.45, 2.75) is 20.8 Å². The van der Waals surface area contributed by atoms with Crippen molar-refractivity contribution >= 4 is 15.9 Å². The Morgan fingerprint density at radius 3 is 2.64 bits per heavy atom. The largest absolute Gasteiger partial charge is 0.276 e. The highest BCUT2D eigenvalue weighted by Crippen LogP contribution is 2.12. The van der Waals surface area contributed by atoms with Gasteiger partial charge in [0.15, 0.2) is 0 Å². The van der Waals surface area contributed by atoms with Crippen LogP contribution in [0, 0.1) is 5.92 Å². The maximum Gasteiger partial charge on any atom is 0.0768 e. The molecule has 0 spiro atoms. The molecule has 2 nitrogen and oxygen atoms in total. The molecule has 3 heteroatoms. The maximum absolute atomic E-state index is 5.27. The Morgan fingerprint density at radius 1 is 1.57 bits per heavy atom. The van der Waals surface area contributed by atoms with Crippen LogP contribution in [0.2, 0.25) is 0 Å². The highest BCUT2D eigenvalue weighted by atomic mass is 79.9. The van der Waals surface area contributed by atoms with Crippen LogP contribution in [0.1, 0.15) is 20.8 Å². The quantitative estimate of drug-likeness (QED) is 0.582. The molecule has 0 unspecified atom stereocenters. The first-order chi connectivity index (χ1) is 6.61. The van der Waals surface area contributed by atoms with Crippen molar-refractivity contribution in [3.63, 3.8) is 0 Å². The zero-order valence-electron chi connectivity index (χ0n) is 9.01. The summed E-state index contributed by atoms with van der Waals surface area (Å²) >= 11 is 3.41. The molecule has 0 saturated carbocycles. The van der Waals surface area contributed by atoms with Gasteiger partial charge in [0.25, 0.3) is 0 Å². The van der Waals surface area contributed by atoms with Gasteiger partial charge in [-0.3, -0.25) is 10.3 Å². The molecule has 0 aliphatic heterocycles. The number of hydroxylamine groups is 1. The van der Waals surface area contributed by atoms with Gasteiger partial charge in [0.2, 0.25) is 0 Å². The van der Waals surface area contributed by atoms with Gasteiger partial charge >= 0.3 is 0 Å². The fourth-order valence-electron chi connectivity index (χ4n) is 0.710. The second-order valence-electron chi connectivity index (χ2n) is 3.27. The monoisotopic (exact) mass is 259 g/mol. The lowest BCUT2D eigenvalue weighted by Gasteiger charge is -2.10. The predicted octanol–water partition coefficient (Wildman–Crippen LogP) is 3.53. The molecular weight excluding hydrogens is 242 g/mol. The summed E-state index contributed by atoms with van der Waals surface area (Å²) in [7, 11) is 0. The summed E-state index contributed by atoms with van der Waals surface area (Å²) in [6.07, 6.45) is 5.59. The Hall–Kier alpha value is -0.540. The summed E-state index contributed by atoms with van der Waals surface area (Å²) in [5.41, 5.74) is 3.69. The van der Waals surface area contributed by atoms with Crippen molar-refractivity contribution < 1.29 is 4.84 Å². The Kier molecular flexibility index (Phi) is 7.52. The molecule has 0 bridgehead atoms. The van der Waals surface area contributed by atoms with Crippen LogP contribution in [0.5, 0.6) is 0 Å². The minimum atomic E-state index is 0.508. The minimum absolute atomic E-state index is 0.508. The van der Waals surface area contributed by atoms with Crippen LogP contribution in [0.4, 0.5) is 0 Å². The molecule has 0 fully saturated rings. The van der Waals surface area contributed by atoms with Crippen LogP contribution in [0.15, 0.2) is 35.0 Å². The van der Waals surface area contributed by atoms with Gasteiger partial charge in [-0.15, -0.1) is 0 Å². The van der Waals surface area contributed by atoms with Crippen molar-refractivity contribution in [2.75, 3.05) is 6.61 Å². The molecular formula is C11H18BrNO. The lowest BCUT2D eigenvalue weighted by Crippen LogP contribution is -2.16. The summed E-state index contributed by atoms with van der Waals surface area (Å²) in [4.78, 5) is 5.27. The van der Waals surface area contributed by atoms with E-state index in [0.717, 1.165) is 10.2 Å². The van der Waals surface area contributed by atoms with E-state index in [1.165, 1.54) is 0 Å². The van der Waals surface area contributed by atoms with Gasteiger partial charge in [0, 0.05) is 4.48 Å². The van der Waals surface area contributed by atoms with Crippen molar-refractivity contribution in [2.24, 2.45) is 5.92 Å². The molecule has 0 aliphatic carbocycles. The van der Waals surface area contributed by atoms with Crippen LogP contribution in [0.3, 0.4) is 0 Å². The third kappa shape index (κ3) is 6.00. The van der Waals surface area contributed by atoms with E-state index in [2.05, 4.69) is 41.8 Å². The highest BCUT2D eigenvalue weighted by molar-refractivity contribution is 9.11. The lowest BCUT2D eigenvalue weighted by molar-refractivity contribution is 0.0459. The van der Waals surface area contributed by atoms with Crippen LogP contribution in [-0.4, -0.2) is 6.61 Å². The Labute approximate surface area is 94.8 Å². The second-order valence-corrected chi connectivity index (χ2v) is 4.13. The second kappa shape index (κ2) is 7.83. The average molecular weight is 260 g/mol. The molecule has 1 N–H and O–H groups in total. The molecule has 0 saturated heterocycles. The number of rotatable bonds is 6. The fraction of sp³-hybridized carbons (Fsp3) is 0.455. The molecule has 0 rings (SSSR count). The number of allylic oxidation sites excluding steroid dienone is 4. The van der Waals surface area contributed by atoms with E-state index < -0.39 is 0 Å². The van der Waals surface area contributed by atoms with Crippen LogP contribution in [0.25, 0.3) is 0 Å². The standard InChI is InChI=1S/C11H18BrNO/c1-5-7-10(12)11(6-2)13-14-8-9(3)4/h5-7,9,13H,2,8H2,1,3-4H3/b7-5-,11-10-. The summed E-state index contributed by atoms with van der Waals surface area (Å²) in [6, 6.07) is 0. The topological polar surface area (TPSA) is 21.3 Å². The Bertz CT molecular complexity index is 231. The maximum atomic E-state index is 5.27. The fourth-order valence-corrected chi connectivity index (χ4v) is 1.22. The molecule has 80 valence electrons. The van der Waals surface area contributed by atoms with Gasteiger partial charge in [-0.2, -0.15) is 0 Å². The summed E-state index contributed by atoms with van der Waals surface area (Å²) in [6.45, 7) is 10.5. The first kappa shape index (κ1) is 13.5. The van der Waals surface area contributed by atoms with E-state index in [4.69, 9.17) is 4.84 Å². The molecule has 0 radical (unpaired) electrons. The molecule has 0 heterocycles. The number of nitrogens with one attached hydrogen (secondary N) is 1. The first-order valence-electron chi connectivity index (χ1n) is 4.64. The van der Waals surface area contributed by atoms with E-state index in [0.29, 0.717) is 12.5 Å². The summed E-state index contributed by atoms with van der Waals surface area (Å²) in [5.74, 6) is 0.508. The van der Waals surface area contributed by atoms with Gasteiger partial charge in [0.05, 0.1) is 12.3 Å². The van der Waals surface area contributed by atoms with Gasteiger partial charge in [-0.05, 0) is 34.8 Å². The molecule has 0 aromatic carbocycles. The highest BCUT2D eigenvalue weighted by Gasteiger charge is 1.98. The third-order valence-corrected chi connectivity index (χ3v) is 2.06. The van der Waals surface area contributed by atoms with E-state index in [1.807, 2.05) is 19.1 Å². The van der Waals surface area contributed by atoms with E-state index in [9.17, 15) is 0 Å². The minimum Gasteiger partial charge on any atom is -0.276 e. The van der Waals surface area contributed by atoms with Gasteiger partial charge in [0.1, 0.15) is 0 Å². The van der Waals surface area contributed by atoms with Gasteiger partial charge < -0.3 is 0 Å². The Balaban J connectivity index is 4.15. The van der Waals surface area contributed by atoms with Gasteiger partial charge in [-0.1, -0.05) is 32.6 Å². The van der Waals surface area contributed by atoms with Crippen molar-refractivity contribution in [3.8, 4) is 0 Å². The van der Waals surface area contributed by atoms with E-state index in [-0.39, 0.29) is 0 Å². The van der Waals surface area contributed by atoms with E-state index >= 15 is 0 Å². The average Bonchev–Trinajstić information content (AvgIpc) is 2.12. The first-order valence-corrected chi connectivity index (χ1v) is 5.43. The predicted molar refractivity (Wildman–Crippen MR) is 64.9 cm³/mol. The Morgan fingerprint density at radius 2 is 2.21 bits per heavy atom. The van der Waals surface area contributed by atoms with Crippen LogP contribution < -0.4 is 5.48 Å². The molecule has 0 amide bonds.